The van der Waals surface area contributed by atoms with Crippen molar-refractivity contribution in [2.45, 2.75) is 6.54 Å². The Labute approximate surface area is 155 Å². The van der Waals surface area contributed by atoms with Crippen molar-refractivity contribution in [2.24, 2.45) is 0 Å². The van der Waals surface area contributed by atoms with Crippen molar-refractivity contribution >= 4 is 28.4 Å². The Morgan fingerprint density at radius 1 is 1.08 bits per heavy atom. The monoisotopic (exact) mass is 362 g/mol. The van der Waals surface area contributed by atoms with Gasteiger partial charge in [-0.15, -0.1) is 0 Å². The number of aromatic nitrogens is 3. The fourth-order valence-electron chi connectivity index (χ4n) is 2.90. The summed E-state index contributed by atoms with van der Waals surface area (Å²) in [4.78, 5) is 17.0. The molecule has 6 heteroatoms. The molecule has 1 amide bonds. The second-order valence-corrected chi connectivity index (χ2v) is 6.16. The van der Waals surface area contributed by atoms with Gasteiger partial charge < -0.3 is 5.32 Å². The van der Waals surface area contributed by atoms with Crippen molar-refractivity contribution in [1.29, 1.82) is 0 Å². The molecule has 128 valence electrons. The molecule has 0 fully saturated rings. The minimum atomic E-state index is -0.194. The molecule has 0 saturated carbocycles. The largest absolute Gasteiger partial charge is 0.348 e. The number of fused-ring (bicyclic) bond motifs is 1. The normalized spacial score (nSPS) is 10.8. The van der Waals surface area contributed by atoms with E-state index < -0.39 is 0 Å². The van der Waals surface area contributed by atoms with Crippen LogP contribution in [0.25, 0.3) is 16.6 Å². The zero-order chi connectivity index (χ0) is 17.9. The summed E-state index contributed by atoms with van der Waals surface area (Å²) in [6.07, 6.45) is 3.59. The maximum atomic E-state index is 12.8. The second kappa shape index (κ2) is 6.98. The molecule has 4 aromatic rings. The second-order valence-electron chi connectivity index (χ2n) is 5.77. The van der Waals surface area contributed by atoms with Crippen molar-refractivity contribution in [1.82, 2.24) is 20.1 Å². The molecule has 0 atom stereocenters. The molecule has 1 N–H and O–H groups in total. The van der Waals surface area contributed by atoms with E-state index in [4.69, 9.17) is 11.6 Å². The average molecular weight is 363 g/mol. The Bertz CT molecular complexity index is 1080. The van der Waals surface area contributed by atoms with Crippen LogP contribution >= 0.6 is 11.6 Å². The Morgan fingerprint density at radius 2 is 1.88 bits per heavy atom. The van der Waals surface area contributed by atoms with Gasteiger partial charge in [-0.3, -0.25) is 4.79 Å². The van der Waals surface area contributed by atoms with Crippen LogP contribution in [0.3, 0.4) is 0 Å². The molecule has 26 heavy (non-hydrogen) atoms. The average Bonchev–Trinajstić information content (AvgIpc) is 3.20. The predicted octanol–water partition coefficient (Wildman–Crippen LogP) is 4.00. The Balaban J connectivity index is 1.61. The zero-order valence-corrected chi connectivity index (χ0v) is 14.5. The number of para-hydroxylation sites is 2. The van der Waals surface area contributed by atoms with Crippen molar-refractivity contribution in [2.75, 3.05) is 0 Å². The minimum absolute atomic E-state index is 0.194. The van der Waals surface area contributed by atoms with Crippen LogP contribution in [-0.4, -0.2) is 20.7 Å². The lowest BCUT2D eigenvalue weighted by molar-refractivity contribution is 0.0952. The molecule has 0 aliphatic carbocycles. The molecule has 0 aliphatic rings. The molecule has 0 saturated heterocycles. The van der Waals surface area contributed by atoms with Crippen LogP contribution in [0.2, 0.25) is 5.15 Å². The molecule has 2 aromatic carbocycles. The quantitative estimate of drug-likeness (QED) is 0.558. The van der Waals surface area contributed by atoms with Gasteiger partial charge in [0.1, 0.15) is 5.15 Å². The third-order valence-electron chi connectivity index (χ3n) is 4.11. The summed E-state index contributed by atoms with van der Waals surface area (Å²) in [5.74, 6) is -0.194. The summed E-state index contributed by atoms with van der Waals surface area (Å²) in [6, 6.07) is 18.7. The number of amides is 1. The van der Waals surface area contributed by atoms with Gasteiger partial charge in [-0.25, -0.2) is 9.67 Å². The lowest BCUT2D eigenvalue weighted by Crippen LogP contribution is -2.24. The number of carbonyl (C=O) groups is 1. The highest BCUT2D eigenvalue weighted by Gasteiger charge is 2.13. The summed E-state index contributed by atoms with van der Waals surface area (Å²) in [5.41, 5.74) is 3.10. The van der Waals surface area contributed by atoms with Crippen molar-refractivity contribution in [3.05, 3.63) is 89.3 Å². The number of benzene rings is 2. The van der Waals surface area contributed by atoms with Gasteiger partial charge in [0, 0.05) is 24.3 Å². The fraction of sp³-hybridized carbons (Fsp3) is 0.0500. The third kappa shape index (κ3) is 3.17. The molecular weight excluding hydrogens is 348 g/mol. The first kappa shape index (κ1) is 16.3. The van der Waals surface area contributed by atoms with E-state index in [9.17, 15) is 4.79 Å². The van der Waals surface area contributed by atoms with Crippen LogP contribution in [0.15, 0.2) is 73.1 Å². The van der Waals surface area contributed by atoms with E-state index in [0.29, 0.717) is 22.8 Å². The number of rotatable bonds is 4. The standard InChI is InChI=1S/C20H15ClN4O/c21-19-12-16(15-7-2-3-8-17(15)24-19)20(26)22-13-14-6-1-4-9-18(14)25-11-5-10-23-25/h1-12H,13H2,(H,22,26). The van der Waals surface area contributed by atoms with Crippen LogP contribution in [-0.2, 0) is 6.54 Å². The highest BCUT2D eigenvalue weighted by Crippen LogP contribution is 2.21. The molecule has 2 aromatic heterocycles. The Hall–Kier alpha value is -3.18. The van der Waals surface area contributed by atoms with E-state index in [1.807, 2.05) is 60.8 Å². The lowest BCUT2D eigenvalue weighted by atomic mass is 10.1. The Morgan fingerprint density at radius 3 is 2.73 bits per heavy atom. The summed E-state index contributed by atoms with van der Waals surface area (Å²) in [7, 11) is 0. The third-order valence-corrected chi connectivity index (χ3v) is 4.31. The van der Waals surface area contributed by atoms with Gasteiger partial charge in [-0.1, -0.05) is 48.0 Å². The van der Waals surface area contributed by atoms with E-state index in [0.717, 1.165) is 16.6 Å². The molecule has 0 bridgehead atoms. The van der Waals surface area contributed by atoms with Gasteiger partial charge in [-0.05, 0) is 29.8 Å². The number of nitrogens with one attached hydrogen (secondary N) is 1. The first-order valence-electron chi connectivity index (χ1n) is 8.14. The molecule has 0 radical (unpaired) electrons. The van der Waals surface area contributed by atoms with Crippen molar-refractivity contribution in [3.63, 3.8) is 0 Å². The smallest absolute Gasteiger partial charge is 0.252 e. The number of nitrogens with zero attached hydrogens (tertiary/aromatic N) is 3. The van der Waals surface area contributed by atoms with Gasteiger partial charge in [0.25, 0.3) is 5.91 Å². The molecule has 0 aliphatic heterocycles. The van der Waals surface area contributed by atoms with Gasteiger partial charge in [0.05, 0.1) is 16.8 Å². The molecule has 0 unspecified atom stereocenters. The molecular formula is C20H15ClN4O. The van der Waals surface area contributed by atoms with E-state index in [-0.39, 0.29) is 5.91 Å². The van der Waals surface area contributed by atoms with Crippen molar-refractivity contribution < 1.29 is 4.79 Å². The van der Waals surface area contributed by atoms with Crippen LogP contribution < -0.4 is 5.32 Å². The molecule has 4 rings (SSSR count). The lowest BCUT2D eigenvalue weighted by Gasteiger charge is -2.12. The van der Waals surface area contributed by atoms with E-state index in [2.05, 4.69) is 15.4 Å². The van der Waals surface area contributed by atoms with Gasteiger partial charge >= 0.3 is 0 Å². The molecule has 5 nitrogen and oxygen atoms in total. The van der Waals surface area contributed by atoms with Crippen LogP contribution in [0.5, 0.6) is 0 Å². The van der Waals surface area contributed by atoms with Crippen LogP contribution in [0.1, 0.15) is 15.9 Å². The first-order valence-corrected chi connectivity index (χ1v) is 8.51. The van der Waals surface area contributed by atoms with Gasteiger partial charge in [-0.2, -0.15) is 5.10 Å². The summed E-state index contributed by atoms with van der Waals surface area (Å²) < 4.78 is 1.78. The maximum Gasteiger partial charge on any atom is 0.252 e. The van der Waals surface area contributed by atoms with Gasteiger partial charge in [0.2, 0.25) is 0 Å². The SMILES string of the molecule is O=C(NCc1ccccc1-n1cccn1)c1cc(Cl)nc2ccccc12. The maximum absolute atomic E-state index is 12.8. The van der Waals surface area contributed by atoms with Crippen LogP contribution in [0.4, 0.5) is 0 Å². The predicted molar refractivity (Wildman–Crippen MR) is 101 cm³/mol. The van der Waals surface area contributed by atoms with Crippen molar-refractivity contribution in [3.8, 4) is 5.69 Å². The number of pyridine rings is 1. The number of hydrogen-bond acceptors (Lipinski definition) is 3. The van der Waals surface area contributed by atoms with Crippen LogP contribution in [0, 0.1) is 0 Å². The van der Waals surface area contributed by atoms with E-state index in [1.165, 1.54) is 0 Å². The van der Waals surface area contributed by atoms with E-state index in [1.54, 1.807) is 16.9 Å². The highest BCUT2D eigenvalue weighted by molar-refractivity contribution is 6.30. The van der Waals surface area contributed by atoms with E-state index >= 15 is 0 Å². The number of halogens is 1. The molecule has 2 heterocycles. The number of carbonyl (C=O) groups excluding carboxylic acids is 1. The summed E-state index contributed by atoms with van der Waals surface area (Å²) >= 11 is 6.08. The number of hydrogen-bond donors (Lipinski definition) is 1. The summed E-state index contributed by atoms with van der Waals surface area (Å²) in [5, 5.41) is 8.30. The van der Waals surface area contributed by atoms with Gasteiger partial charge in [0.15, 0.2) is 0 Å². The molecule has 0 spiro atoms. The topological polar surface area (TPSA) is 59.8 Å². The highest BCUT2D eigenvalue weighted by atomic mass is 35.5. The Kier molecular flexibility index (Phi) is 4.37. The summed E-state index contributed by atoms with van der Waals surface area (Å²) in [6.45, 7) is 0.378. The minimum Gasteiger partial charge on any atom is -0.348 e. The first-order chi connectivity index (χ1) is 12.7. The zero-order valence-electron chi connectivity index (χ0n) is 13.8. The fourth-order valence-corrected chi connectivity index (χ4v) is 3.10.